The standard InChI is InChI=1S/C56H82F4N4O14S/c1-4-15-64(17-13-43-9-11-45(67-3)12-10-43)56(66)44-39-50-49(62-51(61)40-44)41-46(79-50)8-6-5-7-16-63(2)18-20-69-22-24-71-26-28-73-30-32-75-34-36-77-38-37-76-35-33-74-31-29-72-27-25-70-23-21-68-19-14-52(65)78-55-53(59)47(57)42-48(58)54(55)60/h9-12,39,41-42H,4-8,13-38,40H2,1-3H3,(H2,61,62). The summed E-state index contributed by atoms with van der Waals surface area (Å²) in [6, 6.07) is 10.1. The summed E-state index contributed by atoms with van der Waals surface area (Å²) in [6.07, 6.45) is 7.84. The van der Waals surface area contributed by atoms with Gasteiger partial charge in [0.2, 0.25) is 23.3 Å². The number of benzene rings is 2. The Kier molecular flexibility index (Phi) is 35.0. The molecule has 2 N–H and O–H groups in total. The molecule has 3 aromatic rings. The molecule has 0 bridgehead atoms. The van der Waals surface area contributed by atoms with Crippen molar-refractivity contribution < 1.29 is 84.0 Å². The van der Waals surface area contributed by atoms with Crippen LogP contribution in [0.15, 0.2) is 47.0 Å². The second-order valence-electron chi connectivity index (χ2n) is 18.1. The molecule has 0 saturated carbocycles. The molecule has 1 amide bonds. The molecule has 0 aliphatic carbocycles. The molecule has 4 rings (SSSR count). The third-order valence-corrected chi connectivity index (χ3v) is 12.9. The van der Waals surface area contributed by atoms with Gasteiger partial charge in [0.15, 0.2) is 11.6 Å². The van der Waals surface area contributed by atoms with Crippen LogP contribution in [-0.2, 0) is 69.8 Å². The van der Waals surface area contributed by atoms with Crippen molar-refractivity contribution in [1.29, 1.82) is 0 Å². The Morgan fingerprint density at radius 3 is 1.59 bits per heavy atom. The Balaban J connectivity index is 0.842. The lowest BCUT2D eigenvalue weighted by Crippen LogP contribution is -2.35. The lowest BCUT2D eigenvalue weighted by Gasteiger charge is -2.23. The summed E-state index contributed by atoms with van der Waals surface area (Å²) in [5, 5.41) is 0. The topological polar surface area (TPSA) is 190 Å². The van der Waals surface area contributed by atoms with Crippen LogP contribution in [0.4, 0.5) is 23.2 Å². The summed E-state index contributed by atoms with van der Waals surface area (Å²) < 4.78 is 118. The summed E-state index contributed by atoms with van der Waals surface area (Å²) in [5.41, 5.74) is 9.05. The Hall–Kier alpha value is -4.63. The number of amidine groups is 1. The molecule has 0 unspecified atom stereocenters. The molecule has 0 saturated heterocycles. The normalized spacial score (nSPS) is 12.4. The number of likely N-dealkylation sites (N-methyl/N-ethyl adjacent to an activating group) is 1. The van der Waals surface area contributed by atoms with Gasteiger partial charge in [-0.15, -0.1) is 11.3 Å². The van der Waals surface area contributed by atoms with E-state index in [1.165, 1.54) is 4.88 Å². The summed E-state index contributed by atoms with van der Waals surface area (Å²) in [5.74, 6) is -8.19. The largest absolute Gasteiger partial charge is 0.497 e. The van der Waals surface area contributed by atoms with Crippen molar-refractivity contribution in [2.24, 2.45) is 10.7 Å². The van der Waals surface area contributed by atoms with Crippen LogP contribution in [0.2, 0.25) is 0 Å². The van der Waals surface area contributed by atoms with Crippen LogP contribution in [0.5, 0.6) is 11.5 Å². The number of rotatable bonds is 47. The number of unbranched alkanes of at least 4 members (excludes halogenated alkanes) is 2. The number of carbonyl (C=O) groups excluding carboxylic acids is 2. The van der Waals surface area contributed by atoms with Crippen molar-refractivity contribution in [3.63, 3.8) is 0 Å². The minimum Gasteiger partial charge on any atom is -0.497 e. The van der Waals surface area contributed by atoms with Crippen LogP contribution < -0.4 is 15.2 Å². The van der Waals surface area contributed by atoms with Crippen LogP contribution in [0.1, 0.15) is 60.8 Å². The highest BCUT2D eigenvalue weighted by Crippen LogP contribution is 2.36. The molecular weight excluding hydrogens is 1060 g/mol. The fourth-order valence-electron chi connectivity index (χ4n) is 7.57. The van der Waals surface area contributed by atoms with Gasteiger partial charge >= 0.3 is 5.97 Å². The smallest absolute Gasteiger partial charge is 0.313 e. The van der Waals surface area contributed by atoms with E-state index in [0.29, 0.717) is 143 Å². The predicted molar refractivity (Wildman–Crippen MR) is 292 cm³/mol. The molecule has 0 fully saturated rings. The number of amides is 1. The van der Waals surface area contributed by atoms with Crippen molar-refractivity contribution in [2.75, 3.05) is 172 Å². The maximum atomic E-state index is 13.8. The fourth-order valence-corrected chi connectivity index (χ4v) is 8.68. The van der Waals surface area contributed by atoms with Crippen molar-refractivity contribution in [2.45, 2.75) is 58.3 Å². The van der Waals surface area contributed by atoms with Crippen LogP contribution >= 0.6 is 11.3 Å². The number of aryl methyl sites for hydroxylation is 1. The van der Waals surface area contributed by atoms with E-state index in [2.05, 4.69) is 34.7 Å². The second kappa shape index (κ2) is 41.4. The first-order chi connectivity index (χ1) is 38.5. The molecule has 18 nitrogen and oxygen atoms in total. The van der Waals surface area contributed by atoms with Crippen molar-refractivity contribution in [3.05, 3.63) is 80.6 Å². The van der Waals surface area contributed by atoms with Gasteiger partial charge in [0, 0.05) is 42.6 Å². The summed E-state index contributed by atoms with van der Waals surface area (Å²) in [7, 11) is 3.77. The van der Waals surface area contributed by atoms with Crippen LogP contribution in [0.25, 0.3) is 6.08 Å². The third-order valence-electron chi connectivity index (χ3n) is 11.8. The molecule has 79 heavy (non-hydrogen) atoms. The molecule has 23 heteroatoms. The molecule has 1 aliphatic heterocycles. The van der Waals surface area contributed by atoms with Gasteiger partial charge in [-0.05, 0) is 75.5 Å². The molecule has 444 valence electrons. The number of hydrogen-bond acceptors (Lipinski definition) is 18. The van der Waals surface area contributed by atoms with E-state index in [9.17, 15) is 27.2 Å². The Bertz CT molecular complexity index is 2200. The quantitative estimate of drug-likeness (QED) is 0.0194. The van der Waals surface area contributed by atoms with Gasteiger partial charge in [-0.2, -0.15) is 8.78 Å². The number of thiophene rings is 1. The fraction of sp³-hybridized carbons (Fsp3) is 0.625. The molecule has 1 aliphatic rings. The lowest BCUT2D eigenvalue weighted by atomic mass is 10.1. The minimum absolute atomic E-state index is 0.0192. The number of esters is 1. The van der Waals surface area contributed by atoms with Gasteiger partial charge < -0.3 is 72.4 Å². The molecule has 2 aromatic carbocycles. The van der Waals surface area contributed by atoms with Gasteiger partial charge in [0.25, 0.3) is 0 Å². The van der Waals surface area contributed by atoms with E-state index >= 15 is 0 Å². The number of hydrogen-bond donors (Lipinski definition) is 1. The number of ether oxygens (including phenoxy) is 12. The summed E-state index contributed by atoms with van der Waals surface area (Å²) in [6.45, 7) is 13.0. The van der Waals surface area contributed by atoms with Gasteiger partial charge in [0.05, 0.1) is 156 Å². The number of carbonyl (C=O) groups is 2. The molecule has 0 atom stereocenters. The SMILES string of the molecule is CCCN(CCc1ccc(OC)cc1)C(=O)C1=Cc2sc(CCCCCN(C)CCOCCOCCOCCOCCOCCOCCOCCOCCOCCOCCC(=O)Oc3c(F)c(F)cc(F)c3F)cc2N=C(N)C1. The number of halogens is 4. The van der Waals surface area contributed by atoms with Crippen molar-refractivity contribution in [3.8, 4) is 11.5 Å². The van der Waals surface area contributed by atoms with Crippen LogP contribution in [0.3, 0.4) is 0 Å². The van der Waals surface area contributed by atoms with Gasteiger partial charge in [-0.1, -0.05) is 25.5 Å². The number of methoxy groups -OCH3 is 1. The van der Waals surface area contributed by atoms with Crippen LogP contribution in [0, 0.1) is 23.3 Å². The first-order valence-electron chi connectivity index (χ1n) is 27.1. The monoisotopic (exact) mass is 1140 g/mol. The average molecular weight is 1140 g/mol. The molecular formula is C56H82F4N4O14S. The zero-order valence-corrected chi connectivity index (χ0v) is 47.0. The Labute approximate surface area is 466 Å². The van der Waals surface area contributed by atoms with E-state index < -0.39 is 41.4 Å². The van der Waals surface area contributed by atoms with E-state index in [-0.39, 0.29) is 31.8 Å². The third kappa shape index (κ3) is 28.6. The number of nitrogens with two attached hydrogens (primary N) is 1. The average Bonchev–Trinajstić information content (AvgIpc) is 3.76. The first-order valence-corrected chi connectivity index (χ1v) is 27.9. The Morgan fingerprint density at radius 2 is 1.10 bits per heavy atom. The van der Waals surface area contributed by atoms with Gasteiger partial charge in [0.1, 0.15) is 11.6 Å². The van der Waals surface area contributed by atoms with E-state index in [1.807, 2.05) is 35.2 Å². The highest BCUT2D eigenvalue weighted by atomic mass is 32.1. The maximum Gasteiger partial charge on any atom is 0.313 e. The summed E-state index contributed by atoms with van der Waals surface area (Å²) >= 11 is 1.71. The number of fused-ring (bicyclic) bond motifs is 1. The minimum atomic E-state index is -1.80. The van der Waals surface area contributed by atoms with E-state index in [1.54, 1.807) is 18.4 Å². The second-order valence-corrected chi connectivity index (χ2v) is 19.2. The molecule has 0 spiro atoms. The molecule has 2 heterocycles. The Morgan fingerprint density at radius 1 is 0.608 bits per heavy atom. The van der Waals surface area contributed by atoms with Crippen molar-refractivity contribution in [1.82, 2.24) is 9.80 Å². The zero-order chi connectivity index (χ0) is 56.7. The predicted octanol–water partition coefficient (Wildman–Crippen LogP) is 7.38. The zero-order valence-electron chi connectivity index (χ0n) is 46.2. The number of nitrogens with zero attached hydrogens (tertiary/aromatic N) is 3. The highest BCUT2D eigenvalue weighted by molar-refractivity contribution is 7.13. The first kappa shape index (κ1) is 66.9. The van der Waals surface area contributed by atoms with E-state index in [0.717, 1.165) is 73.5 Å². The molecule has 0 radical (unpaired) electrons. The lowest BCUT2D eigenvalue weighted by molar-refractivity contribution is -0.136. The van der Waals surface area contributed by atoms with Crippen molar-refractivity contribution >= 4 is 40.8 Å². The highest BCUT2D eigenvalue weighted by Gasteiger charge is 2.24. The summed E-state index contributed by atoms with van der Waals surface area (Å²) in [4.78, 5) is 36.7. The van der Waals surface area contributed by atoms with Gasteiger partial charge in [-0.3, -0.25) is 9.59 Å². The molecule has 1 aromatic heterocycles. The van der Waals surface area contributed by atoms with Gasteiger partial charge in [-0.25, -0.2) is 13.8 Å². The van der Waals surface area contributed by atoms with Crippen LogP contribution in [-0.4, -0.2) is 200 Å². The maximum absolute atomic E-state index is 13.8. The number of aliphatic imine (C=N–C) groups is 1. The van der Waals surface area contributed by atoms with E-state index in [4.69, 9.17) is 57.8 Å².